The van der Waals surface area contributed by atoms with Crippen LogP contribution in [0.3, 0.4) is 0 Å². The molecule has 0 spiro atoms. The quantitative estimate of drug-likeness (QED) is 0.794. The molecule has 0 radical (unpaired) electrons. The summed E-state index contributed by atoms with van der Waals surface area (Å²) < 4.78 is 0. The monoisotopic (exact) mass is 241 g/mol. The van der Waals surface area contributed by atoms with Crippen molar-refractivity contribution in [3.8, 4) is 0 Å². The van der Waals surface area contributed by atoms with E-state index >= 15 is 0 Å². The van der Waals surface area contributed by atoms with Crippen LogP contribution in [0.4, 0.5) is 11.4 Å². The molecule has 18 heavy (non-hydrogen) atoms. The van der Waals surface area contributed by atoms with Crippen molar-refractivity contribution >= 4 is 17.3 Å². The summed E-state index contributed by atoms with van der Waals surface area (Å²) in [6, 6.07) is 8.94. The van der Waals surface area contributed by atoms with E-state index in [1.807, 2.05) is 26.0 Å². The Morgan fingerprint density at radius 2 is 2.00 bits per heavy atom. The number of hydrogen-bond acceptors (Lipinski definition) is 3. The van der Waals surface area contributed by atoms with Gasteiger partial charge in [-0.2, -0.15) is 0 Å². The summed E-state index contributed by atoms with van der Waals surface area (Å²) in [4.78, 5) is 16.1. The van der Waals surface area contributed by atoms with Gasteiger partial charge >= 0.3 is 0 Å². The van der Waals surface area contributed by atoms with Crippen LogP contribution in [0.5, 0.6) is 0 Å². The van der Waals surface area contributed by atoms with E-state index < -0.39 is 0 Å². The van der Waals surface area contributed by atoms with Crippen LogP contribution < -0.4 is 11.1 Å². The van der Waals surface area contributed by atoms with Crippen LogP contribution in [0.1, 0.15) is 21.6 Å². The molecule has 4 heteroatoms. The maximum absolute atomic E-state index is 12.0. The first-order valence-corrected chi connectivity index (χ1v) is 5.66. The van der Waals surface area contributed by atoms with Gasteiger partial charge in [0.05, 0.1) is 5.56 Å². The minimum Gasteiger partial charge on any atom is -0.399 e. The molecule has 92 valence electrons. The van der Waals surface area contributed by atoms with Crippen molar-refractivity contribution in [3.63, 3.8) is 0 Å². The van der Waals surface area contributed by atoms with E-state index in [2.05, 4.69) is 10.3 Å². The molecule has 0 fully saturated rings. The van der Waals surface area contributed by atoms with Crippen LogP contribution in [0, 0.1) is 13.8 Å². The Bertz CT molecular complexity index is 576. The number of anilines is 2. The highest BCUT2D eigenvalue weighted by atomic mass is 16.1. The summed E-state index contributed by atoms with van der Waals surface area (Å²) in [6.45, 7) is 3.78. The zero-order valence-electron chi connectivity index (χ0n) is 10.4. The lowest BCUT2D eigenvalue weighted by Gasteiger charge is -2.09. The fourth-order valence-electron chi connectivity index (χ4n) is 1.62. The lowest BCUT2D eigenvalue weighted by Crippen LogP contribution is -2.13. The zero-order valence-corrected chi connectivity index (χ0v) is 10.4. The predicted octanol–water partition coefficient (Wildman–Crippen LogP) is 2.53. The zero-order chi connectivity index (χ0) is 13.1. The van der Waals surface area contributed by atoms with Gasteiger partial charge in [-0.3, -0.25) is 9.78 Å². The Morgan fingerprint density at radius 1 is 1.22 bits per heavy atom. The molecule has 0 saturated heterocycles. The maximum atomic E-state index is 12.0. The van der Waals surface area contributed by atoms with Crippen molar-refractivity contribution < 1.29 is 4.79 Å². The predicted molar refractivity (Wildman–Crippen MR) is 72.5 cm³/mol. The average molecular weight is 241 g/mol. The third kappa shape index (κ3) is 2.66. The second-order valence-corrected chi connectivity index (χ2v) is 4.22. The van der Waals surface area contributed by atoms with Crippen molar-refractivity contribution in [2.45, 2.75) is 13.8 Å². The van der Waals surface area contributed by atoms with Gasteiger partial charge in [0.25, 0.3) is 5.91 Å². The van der Waals surface area contributed by atoms with Gasteiger partial charge in [0, 0.05) is 23.3 Å². The fourth-order valence-corrected chi connectivity index (χ4v) is 1.62. The molecule has 1 heterocycles. The first-order valence-electron chi connectivity index (χ1n) is 5.66. The van der Waals surface area contributed by atoms with E-state index in [-0.39, 0.29) is 5.91 Å². The van der Waals surface area contributed by atoms with E-state index in [1.165, 1.54) is 0 Å². The molecule has 2 rings (SSSR count). The number of hydrogen-bond donors (Lipinski definition) is 2. The van der Waals surface area contributed by atoms with Gasteiger partial charge in [0.2, 0.25) is 0 Å². The summed E-state index contributed by atoms with van der Waals surface area (Å²) in [5, 5.41) is 2.84. The smallest absolute Gasteiger partial charge is 0.257 e. The number of pyridine rings is 1. The number of nitrogen functional groups attached to an aromatic ring is 1. The molecule has 0 atom stereocenters. The maximum Gasteiger partial charge on any atom is 0.257 e. The largest absolute Gasteiger partial charge is 0.399 e. The number of carbonyl (C=O) groups is 1. The number of nitrogens with two attached hydrogens (primary N) is 1. The number of amides is 1. The minimum absolute atomic E-state index is 0.171. The molecule has 0 aliphatic carbocycles. The first kappa shape index (κ1) is 12.1. The highest BCUT2D eigenvalue weighted by Gasteiger charge is 2.07. The van der Waals surface area contributed by atoms with Crippen molar-refractivity contribution in [2.24, 2.45) is 0 Å². The summed E-state index contributed by atoms with van der Waals surface area (Å²) in [6.07, 6.45) is 1.57. The molecule has 1 aromatic carbocycles. The second-order valence-electron chi connectivity index (χ2n) is 4.22. The van der Waals surface area contributed by atoms with E-state index in [4.69, 9.17) is 5.73 Å². The van der Waals surface area contributed by atoms with Crippen molar-refractivity contribution in [2.75, 3.05) is 11.1 Å². The van der Waals surface area contributed by atoms with E-state index in [0.717, 1.165) is 16.9 Å². The van der Waals surface area contributed by atoms with Crippen molar-refractivity contribution in [1.29, 1.82) is 0 Å². The Kier molecular flexibility index (Phi) is 3.28. The van der Waals surface area contributed by atoms with Gasteiger partial charge in [0.15, 0.2) is 0 Å². The lowest BCUT2D eigenvalue weighted by atomic mass is 10.1. The van der Waals surface area contributed by atoms with Gasteiger partial charge in [-0.25, -0.2) is 0 Å². The van der Waals surface area contributed by atoms with E-state index in [1.54, 1.807) is 24.4 Å². The highest BCUT2D eigenvalue weighted by molar-refractivity contribution is 6.04. The summed E-state index contributed by atoms with van der Waals surface area (Å²) in [5.74, 6) is -0.171. The van der Waals surface area contributed by atoms with Crippen molar-refractivity contribution in [1.82, 2.24) is 4.98 Å². The van der Waals surface area contributed by atoms with E-state index in [0.29, 0.717) is 11.3 Å². The Labute approximate surface area is 106 Å². The van der Waals surface area contributed by atoms with Gasteiger partial charge in [0.1, 0.15) is 0 Å². The number of rotatable bonds is 2. The lowest BCUT2D eigenvalue weighted by molar-refractivity contribution is 0.102. The number of benzene rings is 1. The van der Waals surface area contributed by atoms with Gasteiger partial charge in [-0.05, 0) is 49.7 Å². The molecule has 4 nitrogen and oxygen atoms in total. The molecule has 2 aromatic rings. The van der Waals surface area contributed by atoms with Crippen molar-refractivity contribution in [3.05, 3.63) is 53.3 Å². The molecule has 0 bridgehead atoms. The Morgan fingerprint density at radius 3 is 2.61 bits per heavy atom. The molecule has 0 saturated carbocycles. The minimum atomic E-state index is -0.171. The second kappa shape index (κ2) is 4.87. The molecule has 0 unspecified atom stereocenters. The van der Waals surface area contributed by atoms with Crippen LogP contribution in [-0.2, 0) is 0 Å². The normalized spacial score (nSPS) is 10.1. The molecule has 0 aliphatic rings. The van der Waals surface area contributed by atoms with Crippen LogP contribution in [-0.4, -0.2) is 10.9 Å². The van der Waals surface area contributed by atoms with Gasteiger partial charge < -0.3 is 11.1 Å². The third-order valence-corrected chi connectivity index (χ3v) is 2.67. The topological polar surface area (TPSA) is 68.0 Å². The number of nitrogens with zero attached hydrogens (tertiary/aromatic N) is 1. The van der Waals surface area contributed by atoms with Crippen LogP contribution >= 0.6 is 0 Å². The first-order chi connectivity index (χ1) is 8.56. The van der Waals surface area contributed by atoms with Crippen LogP contribution in [0.15, 0.2) is 36.5 Å². The number of nitrogens with one attached hydrogen (secondary N) is 1. The number of aromatic nitrogens is 1. The molecule has 0 aliphatic heterocycles. The fraction of sp³-hybridized carbons (Fsp3) is 0.143. The van der Waals surface area contributed by atoms with Gasteiger partial charge in [-0.15, -0.1) is 0 Å². The number of aryl methyl sites for hydroxylation is 2. The van der Waals surface area contributed by atoms with Crippen LogP contribution in [0.25, 0.3) is 0 Å². The summed E-state index contributed by atoms with van der Waals surface area (Å²) in [7, 11) is 0. The van der Waals surface area contributed by atoms with Gasteiger partial charge in [-0.1, -0.05) is 0 Å². The third-order valence-electron chi connectivity index (χ3n) is 2.67. The van der Waals surface area contributed by atoms with Crippen LogP contribution in [0.2, 0.25) is 0 Å². The summed E-state index contributed by atoms with van der Waals surface area (Å²) >= 11 is 0. The standard InChI is InChI=1S/C14H15N3O/c1-9-7-12(15)5-6-13(9)17-14(18)11-4-3-10(2)16-8-11/h3-8H,15H2,1-2H3,(H,17,18). The average Bonchev–Trinajstić information content (AvgIpc) is 2.33. The highest BCUT2D eigenvalue weighted by Crippen LogP contribution is 2.18. The Balaban J connectivity index is 2.18. The molecular formula is C14H15N3O. The molecule has 1 aromatic heterocycles. The Hall–Kier alpha value is -2.36. The molecule has 1 amide bonds. The molecular weight excluding hydrogens is 226 g/mol. The SMILES string of the molecule is Cc1ccc(C(=O)Nc2ccc(N)cc2C)cn1. The summed E-state index contributed by atoms with van der Waals surface area (Å²) in [5.41, 5.74) is 9.46. The van der Waals surface area contributed by atoms with E-state index in [9.17, 15) is 4.79 Å². The molecule has 3 N–H and O–H groups in total. The number of carbonyl (C=O) groups excluding carboxylic acids is 1.